The van der Waals surface area contributed by atoms with E-state index in [1.807, 2.05) is 0 Å². The van der Waals surface area contributed by atoms with Gasteiger partial charge in [-0.05, 0) is 29.9 Å². The average molecular weight is 361 g/mol. The third-order valence-corrected chi connectivity index (χ3v) is 3.51. The Kier molecular flexibility index (Phi) is 6.55. The van der Waals surface area contributed by atoms with Gasteiger partial charge in [-0.2, -0.15) is 0 Å². The van der Waals surface area contributed by atoms with Crippen LogP contribution in [0.3, 0.4) is 0 Å². The summed E-state index contributed by atoms with van der Waals surface area (Å²) >= 11 is 5.11. The van der Waals surface area contributed by atoms with Crippen LogP contribution in [-0.2, 0) is 4.79 Å². The van der Waals surface area contributed by atoms with Crippen molar-refractivity contribution in [2.24, 2.45) is 0 Å². The number of hydrogen-bond acceptors (Lipinski definition) is 5. The maximum atomic E-state index is 11.9. The van der Waals surface area contributed by atoms with Gasteiger partial charge in [0, 0.05) is 11.8 Å². The first-order valence-corrected chi connectivity index (χ1v) is 7.78. The molecular weight excluding hydrogens is 342 g/mol. The number of methoxy groups -OCH3 is 2. The molecule has 0 spiro atoms. The Morgan fingerprint density at radius 2 is 1.72 bits per heavy atom. The highest BCUT2D eigenvalue weighted by molar-refractivity contribution is 7.80. The number of carbonyl (C=O) groups is 1. The van der Waals surface area contributed by atoms with E-state index in [0.29, 0.717) is 22.7 Å². The van der Waals surface area contributed by atoms with Crippen LogP contribution in [0, 0.1) is 0 Å². The Morgan fingerprint density at radius 3 is 2.36 bits per heavy atom. The van der Waals surface area contributed by atoms with Crippen molar-refractivity contribution in [3.8, 4) is 11.5 Å². The molecule has 0 saturated heterocycles. The SMILES string of the molecule is COc1ccc(NC(=S)NNC(=O)[C@H](O)c2ccccc2)cc1OC. The molecule has 4 N–H and O–H groups in total. The highest BCUT2D eigenvalue weighted by atomic mass is 32.1. The second-order valence-electron chi connectivity index (χ2n) is 4.95. The maximum absolute atomic E-state index is 11.9. The highest BCUT2D eigenvalue weighted by Crippen LogP contribution is 2.29. The zero-order chi connectivity index (χ0) is 18.2. The summed E-state index contributed by atoms with van der Waals surface area (Å²) in [7, 11) is 3.08. The summed E-state index contributed by atoms with van der Waals surface area (Å²) in [6.07, 6.45) is -1.29. The van der Waals surface area contributed by atoms with E-state index in [1.54, 1.807) is 55.6 Å². The molecule has 2 rings (SSSR count). The van der Waals surface area contributed by atoms with Gasteiger partial charge >= 0.3 is 0 Å². The lowest BCUT2D eigenvalue weighted by molar-refractivity contribution is -0.130. The molecule has 1 amide bonds. The molecule has 0 bridgehead atoms. The zero-order valence-electron chi connectivity index (χ0n) is 13.8. The van der Waals surface area contributed by atoms with Crippen molar-refractivity contribution in [3.63, 3.8) is 0 Å². The Morgan fingerprint density at radius 1 is 1.04 bits per heavy atom. The number of amides is 1. The quantitative estimate of drug-likeness (QED) is 0.476. The fraction of sp³-hybridized carbons (Fsp3) is 0.176. The molecule has 0 aliphatic heterocycles. The van der Waals surface area contributed by atoms with Gasteiger partial charge < -0.3 is 19.9 Å². The van der Waals surface area contributed by atoms with Gasteiger partial charge in [0.05, 0.1) is 14.2 Å². The highest BCUT2D eigenvalue weighted by Gasteiger charge is 2.16. The van der Waals surface area contributed by atoms with Gasteiger partial charge in [-0.15, -0.1) is 0 Å². The molecule has 0 fully saturated rings. The van der Waals surface area contributed by atoms with E-state index in [-0.39, 0.29) is 5.11 Å². The minimum atomic E-state index is -1.29. The molecule has 0 aliphatic rings. The molecule has 1 atom stereocenters. The first-order chi connectivity index (χ1) is 12.0. The van der Waals surface area contributed by atoms with E-state index in [4.69, 9.17) is 21.7 Å². The van der Waals surface area contributed by atoms with Gasteiger partial charge in [0.15, 0.2) is 22.7 Å². The van der Waals surface area contributed by atoms with Crippen LogP contribution in [0.25, 0.3) is 0 Å². The summed E-state index contributed by atoms with van der Waals surface area (Å²) in [5.41, 5.74) is 6.02. The van der Waals surface area contributed by atoms with Crippen molar-refractivity contribution in [2.75, 3.05) is 19.5 Å². The molecule has 0 radical (unpaired) electrons. The van der Waals surface area contributed by atoms with E-state index < -0.39 is 12.0 Å². The number of aliphatic hydroxyl groups excluding tert-OH is 1. The third-order valence-electron chi connectivity index (χ3n) is 3.30. The van der Waals surface area contributed by atoms with Crippen LogP contribution < -0.4 is 25.6 Å². The minimum Gasteiger partial charge on any atom is -0.493 e. The van der Waals surface area contributed by atoms with E-state index in [9.17, 15) is 9.90 Å². The number of hydrazine groups is 1. The molecule has 7 nitrogen and oxygen atoms in total. The zero-order valence-corrected chi connectivity index (χ0v) is 14.6. The standard InChI is InChI=1S/C17H19N3O4S/c1-23-13-9-8-12(10-14(13)24-2)18-17(25)20-19-16(22)15(21)11-6-4-3-5-7-11/h3-10,15,21H,1-2H3,(H,19,22)(H2,18,20,25)/t15-/m1/s1. The molecule has 25 heavy (non-hydrogen) atoms. The molecule has 0 unspecified atom stereocenters. The van der Waals surface area contributed by atoms with Gasteiger partial charge in [0.25, 0.3) is 5.91 Å². The fourth-order valence-electron chi connectivity index (χ4n) is 2.05. The lowest BCUT2D eigenvalue weighted by atomic mass is 10.1. The van der Waals surface area contributed by atoms with E-state index >= 15 is 0 Å². The normalized spacial score (nSPS) is 11.2. The molecular formula is C17H19N3O4S. The molecule has 0 saturated carbocycles. The van der Waals surface area contributed by atoms with Crippen molar-refractivity contribution in [1.82, 2.24) is 10.9 Å². The van der Waals surface area contributed by atoms with E-state index in [0.717, 1.165) is 0 Å². The Bertz CT molecular complexity index is 740. The number of ether oxygens (including phenoxy) is 2. The van der Waals surface area contributed by atoms with Crippen LogP contribution in [0.15, 0.2) is 48.5 Å². The Hall–Kier alpha value is -2.84. The number of anilines is 1. The largest absolute Gasteiger partial charge is 0.493 e. The number of carbonyl (C=O) groups excluding carboxylic acids is 1. The van der Waals surface area contributed by atoms with Crippen molar-refractivity contribution >= 4 is 28.9 Å². The van der Waals surface area contributed by atoms with Gasteiger partial charge in [-0.25, -0.2) is 0 Å². The molecule has 2 aromatic carbocycles. The number of thiocarbonyl (C=S) groups is 1. The summed E-state index contributed by atoms with van der Waals surface area (Å²) in [6.45, 7) is 0. The van der Waals surface area contributed by atoms with Crippen molar-refractivity contribution in [2.45, 2.75) is 6.10 Å². The Balaban J connectivity index is 1.89. The molecule has 8 heteroatoms. The topological polar surface area (TPSA) is 91.9 Å². The number of hydrogen-bond donors (Lipinski definition) is 4. The number of benzene rings is 2. The number of rotatable bonds is 5. The third kappa shape index (κ3) is 5.07. The fourth-order valence-corrected chi connectivity index (χ4v) is 2.22. The molecule has 132 valence electrons. The Labute approximate surface area is 150 Å². The molecule has 0 heterocycles. The smallest absolute Gasteiger partial charge is 0.271 e. The van der Waals surface area contributed by atoms with Crippen LogP contribution in [0.4, 0.5) is 5.69 Å². The van der Waals surface area contributed by atoms with Crippen molar-refractivity contribution in [3.05, 3.63) is 54.1 Å². The number of aliphatic hydroxyl groups is 1. The summed E-state index contributed by atoms with van der Waals surface area (Å²) in [6, 6.07) is 13.8. The van der Waals surface area contributed by atoms with Crippen LogP contribution in [0.1, 0.15) is 11.7 Å². The van der Waals surface area contributed by atoms with Gasteiger partial charge in [0.2, 0.25) is 0 Å². The minimum absolute atomic E-state index is 0.154. The molecule has 0 aromatic heterocycles. The summed E-state index contributed by atoms with van der Waals surface area (Å²) in [5, 5.41) is 13.0. The first kappa shape index (κ1) is 18.5. The van der Waals surface area contributed by atoms with Crippen molar-refractivity contribution < 1.29 is 19.4 Å². The molecule has 2 aromatic rings. The maximum Gasteiger partial charge on any atom is 0.271 e. The lowest BCUT2D eigenvalue weighted by Crippen LogP contribution is -2.45. The second kappa shape index (κ2) is 8.86. The van der Waals surface area contributed by atoms with Gasteiger partial charge in [0.1, 0.15) is 0 Å². The second-order valence-corrected chi connectivity index (χ2v) is 5.36. The van der Waals surface area contributed by atoms with Crippen LogP contribution >= 0.6 is 12.2 Å². The van der Waals surface area contributed by atoms with Crippen LogP contribution in [0.2, 0.25) is 0 Å². The van der Waals surface area contributed by atoms with Gasteiger partial charge in [-0.3, -0.25) is 15.6 Å². The predicted octanol–water partition coefficient (Wildman–Crippen LogP) is 1.75. The van der Waals surface area contributed by atoms with E-state index in [1.165, 1.54) is 7.11 Å². The van der Waals surface area contributed by atoms with Crippen LogP contribution in [-0.4, -0.2) is 30.3 Å². The molecule has 0 aliphatic carbocycles. The predicted molar refractivity (Wildman–Crippen MR) is 98.4 cm³/mol. The summed E-state index contributed by atoms with van der Waals surface area (Å²) in [5.74, 6) is 0.507. The lowest BCUT2D eigenvalue weighted by Gasteiger charge is -2.15. The van der Waals surface area contributed by atoms with E-state index in [2.05, 4.69) is 16.2 Å². The monoisotopic (exact) mass is 361 g/mol. The number of nitrogens with one attached hydrogen (secondary N) is 3. The van der Waals surface area contributed by atoms with Crippen molar-refractivity contribution in [1.29, 1.82) is 0 Å². The summed E-state index contributed by atoms with van der Waals surface area (Å²) < 4.78 is 10.4. The van der Waals surface area contributed by atoms with Gasteiger partial charge in [-0.1, -0.05) is 30.3 Å². The van der Waals surface area contributed by atoms with Crippen LogP contribution in [0.5, 0.6) is 11.5 Å². The first-order valence-electron chi connectivity index (χ1n) is 7.37. The average Bonchev–Trinajstić information content (AvgIpc) is 2.66. The summed E-state index contributed by atoms with van der Waals surface area (Å²) in [4.78, 5) is 11.9.